The van der Waals surface area contributed by atoms with Crippen LogP contribution in [-0.4, -0.2) is 68.5 Å². The number of thiazole rings is 1. The Morgan fingerprint density at radius 2 is 1.79 bits per heavy atom. The molecule has 0 N–H and O–H groups in total. The van der Waals surface area contributed by atoms with Crippen molar-refractivity contribution in [1.29, 1.82) is 0 Å². The molecule has 0 radical (unpaired) electrons. The highest BCUT2D eigenvalue weighted by Crippen LogP contribution is 2.32. The number of aromatic nitrogens is 1. The van der Waals surface area contributed by atoms with E-state index in [1.165, 1.54) is 24.6 Å². The second-order valence-electron chi connectivity index (χ2n) is 7.48. The SMILES string of the molecule is CCn1c(=O)sc2cc(S(=O)(=O)N3CCN(C(=O)c4cccc(OC)c4OC)CC3)ccc21. The summed E-state index contributed by atoms with van der Waals surface area (Å²) in [5.41, 5.74) is 1.10. The molecule has 11 heteroatoms. The number of nitrogens with zero attached hydrogens (tertiary/aromatic N) is 3. The first-order valence-electron chi connectivity index (χ1n) is 10.5. The number of rotatable bonds is 6. The maximum atomic E-state index is 13.2. The minimum Gasteiger partial charge on any atom is -0.493 e. The Kier molecular flexibility index (Phi) is 6.46. The normalized spacial score (nSPS) is 15.1. The van der Waals surface area contributed by atoms with E-state index >= 15 is 0 Å². The molecule has 1 fully saturated rings. The summed E-state index contributed by atoms with van der Waals surface area (Å²) in [6, 6.07) is 9.86. The molecule has 0 unspecified atom stereocenters. The van der Waals surface area contributed by atoms with E-state index < -0.39 is 10.0 Å². The summed E-state index contributed by atoms with van der Waals surface area (Å²) < 4.78 is 40.7. The molecular weight excluding hydrogens is 466 g/mol. The van der Waals surface area contributed by atoms with Crippen molar-refractivity contribution in [3.8, 4) is 11.5 Å². The third-order valence-corrected chi connectivity index (χ3v) is 8.59. The molecule has 0 bridgehead atoms. The first-order valence-corrected chi connectivity index (χ1v) is 12.7. The number of hydrogen-bond acceptors (Lipinski definition) is 7. The lowest BCUT2D eigenvalue weighted by Crippen LogP contribution is -2.50. The van der Waals surface area contributed by atoms with E-state index in [0.29, 0.717) is 28.3 Å². The minimum atomic E-state index is -3.76. The Balaban J connectivity index is 1.52. The molecule has 9 nitrogen and oxygen atoms in total. The minimum absolute atomic E-state index is 0.109. The standard InChI is InChI=1S/C22H25N3O6S2/c1-4-25-17-9-8-15(14-19(17)32-22(25)27)33(28,29)24-12-10-23(11-13-24)21(26)16-6-5-7-18(30-2)20(16)31-3/h5-9,14H,4,10-13H2,1-3H3. The van der Waals surface area contributed by atoms with Crippen LogP contribution in [0.4, 0.5) is 0 Å². The summed E-state index contributed by atoms with van der Waals surface area (Å²) in [6.07, 6.45) is 0. The average molecular weight is 492 g/mol. The molecule has 3 aromatic rings. The summed E-state index contributed by atoms with van der Waals surface area (Å²) in [7, 11) is -0.779. The van der Waals surface area contributed by atoms with E-state index in [2.05, 4.69) is 0 Å². The smallest absolute Gasteiger partial charge is 0.308 e. The largest absolute Gasteiger partial charge is 0.493 e. The quantitative estimate of drug-likeness (QED) is 0.525. The number of hydrogen-bond donors (Lipinski definition) is 0. The number of amides is 1. The Hall–Kier alpha value is -2.89. The van der Waals surface area contributed by atoms with Crippen LogP contribution in [0.1, 0.15) is 17.3 Å². The Morgan fingerprint density at radius 1 is 1.06 bits per heavy atom. The van der Waals surface area contributed by atoms with Crippen molar-refractivity contribution in [2.75, 3.05) is 40.4 Å². The number of carbonyl (C=O) groups is 1. The van der Waals surface area contributed by atoms with Crippen molar-refractivity contribution >= 4 is 37.5 Å². The molecule has 4 rings (SSSR count). The molecule has 1 aromatic heterocycles. The van der Waals surface area contributed by atoms with Gasteiger partial charge in [-0.3, -0.25) is 14.2 Å². The molecule has 2 heterocycles. The maximum absolute atomic E-state index is 13.2. The molecule has 1 aliphatic heterocycles. The van der Waals surface area contributed by atoms with Crippen LogP contribution in [0.5, 0.6) is 11.5 Å². The molecule has 2 aromatic carbocycles. The average Bonchev–Trinajstić information content (AvgIpc) is 3.16. The van der Waals surface area contributed by atoms with Crippen molar-refractivity contribution in [3.05, 3.63) is 51.6 Å². The van der Waals surface area contributed by atoms with Gasteiger partial charge < -0.3 is 14.4 Å². The van der Waals surface area contributed by atoms with Gasteiger partial charge in [-0.1, -0.05) is 17.4 Å². The summed E-state index contributed by atoms with van der Waals surface area (Å²) in [5.74, 6) is 0.570. The number of fused-ring (bicyclic) bond motifs is 1. The predicted molar refractivity (Wildman–Crippen MR) is 126 cm³/mol. The van der Waals surface area contributed by atoms with Crippen LogP contribution in [0.15, 0.2) is 46.1 Å². The topological polar surface area (TPSA) is 98.2 Å². The van der Waals surface area contributed by atoms with Crippen molar-refractivity contribution in [2.24, 2.45) is 0 Å². The van der Waals surface area contributed by atoms with Crippen LogP contribution >= 0.6 is 11.3 Å². The molecule has 0 saturated carbocycles. The van der Waals surface area contributed by atoms with Gasteiger partial charge in [-0.05, 0) is 37.3 Å². The first-order chi connectivity index (χ1) is 15.8. The number of benzene rings is 2. The fourth-order valence-corrected chi connectivity index (χ4v) is 6.53. The van der Waals surface area contributed by atoms with Crippen LogP contribution in [0.2, 0.25) is 0 Å². The second kappa shape index (κ2) is 9.16. The van der Waals surface area contributed by atoms with Crippen LogP contribution < -0.4 is 14.3 Å². The van der Waals surface area contributed by atoms with Crippen LogP contribution in [-0.2, 0) is 16.6 Å². The summed E-state index contributed by atoms with van der Waals surface area (Å²) in [5, 5.41) is 0. The third-order valence-electron chi connectivity index (χ3n) is 5.75. The van der Waals surface area contributed by atoms with Gasteiger partial charge in [-0.25, -0.2) is 8.42 Å². The van der Waals surface area contributed by atoms with E-state index in [-0.39, 0.29) is 41.9 Å². The number of ether oxygens (including phenoxy) is 2. The number of para-hydroxylation sites is 1. The van der Waals surface area contributed by atoms with E-state index in [0.717, 1.165) is 16.9 Å². The highest BCUT2D eigenvalue weighted by atomic mass is 32.2. The van der Waals surface area contributed by atoms with Gasteiger partial charge in [0.25, 0.3) is 5.91 Å². The fourth-order valence-electron chi connectivity index (χ4n) is 4.01. The van der Waals surface area contributed by atoms with E-state index in [1.807, 2.05) is 6.92 Å². The van der Waals surface area contributed by atoms with Crippen molar-refractivity contribution in [2.45, 2.75) is 18.4 Å². The highest BCUT2D eigenvalue weighted by Gasteiger charge is 2.32. The van der Waals surface area contributed by atoms with Gasteiger partial charge in [0.2, 0.25) is 10.0 Å². The van der Waals surface area contributed by atoms with Crippen LogP contribution in [0, 0.1) is 0 Å². The molecule has 0 spiro atoms. The molecule has 33 heavy (non-hydrogen) atoms. The van der Waals surface area contributed by atoms with Crippen LogP contribution in [0.3, 0.4) is 0 Å². The number of piperazine rings is 1. The van der Waals surface area contributed by atoms with Gasteiger partial charge in [-0.2, -0.15) is 4.31 Å². The van der Waals surface area contributed by atoms with Crippen molar-refractivity contribution < 1.29 is 22.7 Å². The lowest BCUT2D eigenvalue weighted by Gasteiger charge is -2.34. The zero-order valence-corrected chi connectivity index (χ0v) is 20.2. The molecule has 176 valence electrons. The summed E-state index contributed by atoms with van der Waals surface area (Å²) in [6.45, 7) is 3.24. The molecular formula is C22H25N3O6S2. The highest BCUT2D eigenvalue weighted by molar-refractivity contribution is 7.89. The molecule has 0 aliphatic carbocycles. The summed E-state index contributed by atoms with van der Waals surface area (Å²) in [4.78, 5) is 26.8. The first kappa shape index (κ1) is 23.3. The summed E-state index contributed by atoms with van der Waals surface area (Å²) >= 11 is 1.04. The van der Waals surface area contributed by atoms with E-state index in [1.54, 1.807) is 39.8 Å². The lowest BCUT2D eigenvalue weighted by molar-refractivity contribution is 0.0694. The number of sulfonamides is 1. The second-order valence-corrected chi connectivity index (χ2v) is 10.4. The molecule has 1 aliphatic rings. The van der Waals surface area contributed by atoms with Gasteiger partial charge in [-0.15, -0.1) is 0 Å². The maximum Gasteiger partial charge on any atom is 0.308 e. The zero-order chi connectivity index (χ0) is 23.8. The molecule has 1 amide bonds. The Morgan fingerprint density at radius 3 is 2.42 bits per heavy atom. The predicted octanol–water partition coefficient (Wildman–Crippen LogP) is 2.25. The zero-order valence-electron chi connectivity index (χ0n) is 18.6. The van der Waals surface area contributed by atoms with Crippen molar-refractivity contribution in [3.63, 3.8) is 0 Å². The third kappa shape index (κ3) is 4.11. The molecule has 0 atom stereocenters. The number of carbonyl (C=O) groups excluding carboxylic acids is 1. The van der Waals surface area contributed by atoms with Gasteiger partial charge in [0.1, 0.15) is 0 Å². The van der Waals surface area contributed by atoms with Crippen molar-refractivity contribution in [1.82, 2.24) is 13.8 Å². The monoisotopic (exact) mass is 491 g/mol. The number of aryl methyl sites for hydroxylation is 1. The Bertz CT molecular complexity index is 1350. The fraction of sp³-hybridized carbons (Fsp3) is 0.364. The van der Waals surface area contributed by atoms with Gasteiger partial charge in [0.05, 0.1) is 34.9 Å². The van der Waals surface area contributed by atoms with Gasteiger partial charge >= 0.3 is 4.87 Å². The van der Waals surface area contributed by atoms with Crippen LogP contribution in [0.25, 0.3) is 10.2 Å². The lowest BCUT2D eigenvalue weighted by atomic mass is 10.1. The van der Waals surface area contributed by atoms with E-state index in [9.17, 15) is 18.0 Å². The van der Waals surface area contributed by atoms with Gasteiger partial charge in [0.15, 0.2) is 11.5 Å². The Labute approximate surface area is 195 Å². The van der Waals surface area contributed by atoms with Gasteiger partial charge in [0, 0.05) is 32.7 Å². The van der Waals surface area contributed by atoms with E-state index in [4.69, 9.17) is 9.47 Å². The molecule has 1 saturated heterocycles. The number of methoxy groups -OCH3 is 2.